The molecular weight excluding hydrogens is 511 g/mol. The van der Waals surface area contributed by atoms with Gasteiger partial charge in [0.25, 0.3) is 0 Å². The number of halogens is 4. The van der Waals surface area contributed by atoms with Gasteiger partial charge in [0, 0.05) is 36.9 Å². The molecule has 2 aliphatic rings. The second-order valence-electron chi connectivity index (χ2n) is 9.39. The smallest absolute Gasteiger partial charge is 0.368 e. The third kappa shape index (κ3) is 5.45. The highest BCUT2D eigenvalue weighted by molar-refractivity contribution is 6.30. The average molecular weight is 538 g/mol. The molecule has 5 rings (SSSR count). The molecule has 0 bridgehead atoms. The first-order valence-corrected chi connectivity index (χ1v) is 12.6. The Morgan fingerprint density at radius 3 is 2.54 bits per heavy atom. The minimum absolute atomic E-state index is 0.0413. The summed E-state index contributed by atoms with van der Waals surface area (Å²) in [4.78, 5) is 29.8. The standard InChI is InChI=1S/C24H27ClF3N7O2/c1-15-2-3-17(25)13-19(15)33-8-10-34(11-9-33)21-20-18(12-16-4-6-29-7-5-16)32-35(22(20)31-14-30-21)37-23(36)24(26,27)28/h2-3,13-14,16,29H,4-12H2,1H3. The molecule has 0 amide bonds. The van der Waals surface area contributed by atoms with Gasteiger partial charge in [0.2, 0.25) is 5.65 Å². The SMILES string of the molecule is Cc1ccc(Cl)cc1N1CCN(c2ncnc3c2c(CC2CCNCC2)nn3OC(=O)C(F)(F)F)CC1. The van der Waals surface area contributed by atoms with Gasteiger partial charge in [-0.05, 0) is 62.9 Å². The summed E-state index contributed by atoms with van der Waals surface area (Å²) < 4.78 is 38.8. The summed E-state index contributed by atoms with van der Waals surface area (Å²) >= 11 is 6.22. The van der Waals surface area contributed by atoms with Crippen LogP contribution in [0.2, 0.25) is 5.02 Å². The van der Waals surface area contributed by atoms with Gasteiger partial charge in [-0.2, -0.15) is 13.2 Å². The monoisotopic (exact) mass is 537 g/mol. The van der Waals surface area contributed by atoms with Gasteiger partial charge in [-0.25, -0.2) is 14.8 Å². The fourth-order valence-corrected chi connectivity index (χ4v) is 5.16. The van der Waals surface area contributed by atoms with Gasteiger partial charge in [-0.1, -0.05) is 22.5 Å². The number of benzene rings is 1. The summed E-state index contributed by atoms with van der Waals surface area (Å²) in [7, 11) is 0. The molecule has 0 atom stereocenters. The van der Waals surface area contributed by atoms with Crippen molar-refractivity contribution in [2.45, 2.75) is 32.4 Å². The van der Waals surface area contributed by atoms with E-state index in [0.29, 0.717) is 65.3 Å². The molecule has 13 heteroatoms. The van der Waals surface area contributed by atoms with E-state index in [1.54, 1.807) is 0 Å². The maximum Gasteiger partial charge on any atom is 0.493 e. The van der Waals surface area contributed by atoms with E-state index >= 15 is 0 Å². The fraction of sp³-hybridized carbons (Fsp3) is 0.500. The van der Waals surface area contributed by atoms with Gasteiger partial charge in [-0.3, -0.25) is 0 Å². The Labute approximate surface area is 216 Å². The van der Waals surface area contributed by atoms with Crippen molar-refractivity contribution in [2.24, 2.45) is 5.92 Å². The molecule has 0 saturated carbocycles. The Hall–Kier alpha value is -3.12. The number of nitrogens with one attached hydrogen (secondary N) is 1. The number of carbonyl (C=O) groups excluding carboxylic acids is 1. The number of nitrogens with zero attached hydrogens (tertiary/aromatic N) is 6. The molecule has 1 aromatic carbocycles. The van der Waals surface area contributed by atoms with Crippen LogP contribution in [0, 0.1) is 12.8 Å². The number of carbonyl (C=O) groups is 1. The lowest BCUT2D eigenvalue weighted by atomic mass is 9.92. The third-order valence-electron chi connectivity index (χ3n) is 6.92. The van der Waals surface area contributed by atoms with Crippen LogP contribution < -0.4 is 20.0 Å². The second-order valence-corrected chi connectivity index (χ2v) is 9.83. The van der Waals surface area contributed by atoms with Gasteiger partial charge in [-0.15, -0.1) is 5.10 Å². The molecule has 1 N–H and O–H groups in total. The number of alkyl halides is 3. The van der Waals surface area contributed by atoms with Crippen LogP contribution in [0.25, 0.3) is 11.0 Å². The lowest BCUT2D eigenvalue weighted by Crippen LogP contribution is -2.47. The predicted molar refractivity (Wildman–Crippen MR) is 133 cm³/mol. The first-order chi connectivity index (χ1) is 17.7. The van der Waals surface area contributed by atoms with E-state index in [0.717, 1.165) is 37.2 Å². The van der Waals surface area contributed by atoms with E-state index in [2.05, 4.69) is 35.0 Å². The lowest BCUT2D eigenvalue weighted by Gasteiger charge is -2.37. The van der Waals surface area contributed by atoms with Crippen LogP contribution >= 0.6 is 11.6 Å². The van der Waals surface area contributed by atoms with Crippen LogP contribution in [-0.2, 0) is 11.2 Å². The Bertz CT molecular complexity index is 1290. The van der Waals surface area contributed by atoms with Crippen molar-refractivity contribution in [1.82, 2.24) is 25.2 Å². The maximum atomic E-state index is 12.9. The summed E-state index contributed by atoms with van der Waals surface area (Å²) in [6.45, 7) is 6.41. The van der Waals surface area contributed by atoms with Crippen molar-refractivity contribution in [3.63, 3.8) is 0 Å². The van der Waals surface area contributed by atoms with Crippen molar-refractivity contribution < 1.29 is 22.8 Å². The summed E-state index contributed by atoms with van der Waals surface area (Å²) in [6.07, 6.45) is -1.54. The van der Waals surface area contributed by atoms with Crippen LogP contribution in [0.3, 0.4) is 0 Å². The van der Waals surface area contributed by atoms with Crippen molar-refractivity contribution in [3.8, 4) is 0 Å². The molecule has 2 aliphatic heterocycles. The van der Waals surface area contributed by atoms with Crippen molar-refractivity contribution in [1.29, 1.82) is 0 Å². The van der Waals surface area contributed by atoms with E-state index < -0.39 is 12.1 Å². The van der Waals surface area contributed by atoms with Gasteiger partial charge in [0.05, 0.1) is 11.1 Å². The summed E-state index contributed by atoms with van der Waals surface area (Å²) in [5.74, 6) is -1.48. The quantitative estimate of drug-likeness (QED) is 0.531. The Morgan fingerprint density at radius 1 is 1.14 bits per heavy atom. The zero-order chi connectivity index (χ0) is 26.2. The molecule has 2 fully saturated rings. The van der Waals surface area contributed by atoms with Crippen LogP contribution in [0.5, 0.6) is 0 Å². The average Bonchev–Trinajstić information content (AvgIpc) is 3.22. The van der Waals surface area contributed by atoms with Gasteiger partial charge < -0.3 is 20.0 Å². The van der Waals surface area contributed by atoms with Gasteiger partial charge in [0.1, 0.15) is 12.1 Å². The number of piperidine rings is 1. The molecule has 0 aliphatic carbocycles. The second kappa shape index (κ2) is 10.3. The molecular formula is C24H27ClF3N7O2. The summed E-state index contributed by atoms with van der Waals surface area (Å²) in [5.41, 5.74) is 2.76. The lowest BCUT2D eigenvalue weighted by molar-refractivity contribution is -0.200. The predicted octanol–water partition coefficient (Wildman–Crippen LogP) is 3.17. The molecule has 0 unspecified atom stereocenters. The number of rotatable bonds is 5. The molecule has 9 nitrogen and oxygen atoms in total. The minimum Gasteiger partial charge on any atom is -0.368 e. The number of aromatic nitrogens is 4. The number of piperazine rings is 1. The van der Waals surface area contributed by atoms with Crippen LogP contribution in [0.1, 0.15) is 24.1 Å². The van der Waals surface area contributed by atoms with Crippen LogP contribution in [0.15, 0.2) is 24.5 Å². The first-order valence-electron chi connectivity index (χ1n) is 12.2. The zero-order valence-corrected chi connectivity index (χ0v) is 21.0. The highest BCUT2D eigenvalue weighted by atomic mass is 35.5. The zero-order valence-electron chi connectivity index (χ0n) is 20.3. The van der Waals surface area contributed by atoms with E-state index in [9.17, 15) is 18.0 Å². The molecule has 0 spiro atoms. The van der Waals surface area contributed by atoms with Crippen molar-refractivity contribution in [3.05, 3.63) is 40.8 Å². The molecule has 3 aromatic rings. The summed E-state index contributed by atoms with van der Waals surface area (Å²) in [6, 6.07) is 5.80. The molecule has 2 saturated heterocycles. The number of anilines is 2. The van der Waals surface area contributed by atoms with Crippen molar-refractivity contribution >= 4 is 40.1 Å². The van der Waals surface area contributed by atoms with Crippen LogP contribution in [0.4, 0.5) is 24.7 Å². The Balaban J connectivity index is 1.45. The topological polar surface area (TPSA) is 88.4 Å². The molecule has 4 heterocycles. The summed E-state index contributed by atoms with van der Waals surface area (Å²) in [5, 5.41) is 8.77. The number of fused-ring (bicyclic) bond motifs is 1. The van der Waals surface area contributed by atoms with E-state index in [4.69, 9.17) is 11.6 Å². The van der Waals surface area contributed by atoms with Crippen LogP contribution in [-0.4, -0.2) is 71.3 Å². The first kappa shape index (κ1) is 25.5. The molecule has 0 radical (unpaired) electrons. The molecule has 37 heavy (non-hydrogen) atoms. The third-order valence-corrected chi connectivity index (χ3v) is 7.16. The van der Waals surface area contributed by atoms with E-state index in [1.807, 2.05) is 25.1 Å². The molecule has 2 aromatic heterocycles. The largest absolute Gasteiger partial charge is 0.493 e. The van der Waals surface area contributed by atoms with Crippen molar-refractivity contribution in [2.75, 3.05) is 49.1 Å². The maximum absolute atomic E-state index is 12.9. The minimum atomic E-state index is -5.15. The number of hydrogen-bond acceptors (Lipinski definition) is 8. The normalized spacial score (nSPS) is 17.4. The fourth-order valence-electron chi connectivity index (χ4n) is 5.00. The van der Waals surface area contributed by atoms with Gasteiger partial charge in [0.15, 0.2) is 0 Å². The number of aryl methyl sites for hydroxylation is 1. The van der Waals surface area contributed by atoms with E-state index in [-0.39, 0.29) is 5.65 Å². The van der Waals surface area contributed by atoms with E-state index in [1.165, 1.54) is 6.33 Å². The molecule has 198 valence electrons. The highest BCUT2D eigenvalue weighted by Crippen LogP contribution is 2.32. The Kier molecular flexibility index (Phi) is 7.13. The Morgan fingerprint density at radius 2 is 1.84 bits per heavy atom. The van der Waals surface area contributed by atoms with Gasteiger partial charge >= 0.3 is 12.1 Å². The highest BCUT2D eigenvalue weighted by Gasteiger charge is 2.43. The number of hydrogen-bond donors (Lipinski definition) is 1.